The Bertz CT molecular complexity index is 2740. The number of thioether (sulfide) groups is 3. The fourth-order valence-electron chi connectivity index (χ4n) is 5.66. The van der Waals surface area contributed by atoms with Crippen LogP contribution in [0.2, 0.25) is 0 Å². The molecule has 10 rings (SSSR count). The number of halogens is 9. The van der Waals surface area contributed by atoms with E-state index in [1.54, 1.807) is 67.0 Å². The summed E-state index contributed by atoms with van der Waals surface area (Å²) in [6, 6.07) is 1.85. The van der Waals surface area contributed by atoms with Crippen LogP contribution in [-0.2, 0) is 36.8 Å². The van der Waals surface area contributed by atoms with Crippen molar-refractivity contribution >= 4 is 256 Å². The number of carbonyl (C=O) groups is 5. The number of aliphatic imine (C=N–C) groups is 4. The molecule has 37 heteroatoms. The number of nitrogens with one attached hydrogen (secondary N) is 3. The van der Waals surface area contributed by atoms with Gasteiger partial charge in [0.2, 0.25) is 11.8 Å². The van der Waals surface area contributed by atoms with E-state index in [1.807, 2.05) is 17.8 Å². The van der Waals surface area contributed by atoms with E-state index in [1.165, 1.54) is 33.8 Å². The molecule has 1 fully saturated rings. The van der Waals surface area contributed by atoms with Gasteiger partial charge in [-0.25, -0.2) is 29.9 Å². The molecule has 0 aliphatic carbocycles. The highest BCUT2D eigenvalue weighted by atomic mass is 79.9. The molecule has 3 aromatic rings. The van der Waals surface area contributed by atoms with E-state index in [0.29, 0.717) is 45.8 Å². The van der Waals surface area contributed by atoms with Crippen LogP contribution in [0.1, 0.15) is 87.0 Å². The molecular weight excluding hydrogens is 1680 g/mol. The number of alkyl halides is 1. The number of amides is 3. The number of nitrogens with two attached hydrogens (primary N) is 1. The minimum absolute atomic E-state index is 0. The molecule has 0 spiro atoms. The Hall–Kier alpha value is -1.83. The van der Waals surface area contributed by atoms with Gasteiger partial charge in [0, 0.05) is 25.9 Å². The summed E-state index contributed by atoms with van der Waals surface area (Å²) in [6.07, 6.45) is 5.40. The SMILES string of the molecule is BrC1=NC2C=NCC2S1.C.C.CC(C)(C)OC(=O)CN1N=C(C(N)=O)C2N=C(Br)SC21.CCc1cscn1.CCc1nc(Br)sc1Br.N#CC1=NNC2SC(Br)=NC12.N=N.O=C1CCC(=O)N1Br.O=Cc1nc(Br)sc1Br.[2H]CF.[HH]. The van der Waals surface area contributed by atoms with Gasteiger partial charge in [0.1, 0.15) is 68.4 Å². The first kappa shape index (κ1) is 75.2. The van der Waals surface area contributed by atoms with E-state index in [0.717, 1.165) is 52.3 Å². The molecule has 3 amide bonds. The zero-order valence-electron chi connectivity index (χ0n) is 41.5. The molecule has 10 heterocycles. The summed E-state index contributed by atoms with van der Waals surface area (Å²) in [5.74, 6) is -1.32. The smallest absolute Gasteiger partial charge is 0.327 e. The maximum Gasteiger partial charge on any atom is 0.327 e. The van der Waals surface area contributed by atoms with Gasteiger partial charge < -0.3 is 10.5 Å². The highest BCUT2D eigenvalue weighted by molar-refractivity contribution is 9.22. The van der Waals surface area contributed by atoms with Gasteiger partial charge in [0.15, 0.2) is 25.5 Å². The largest absolute Gasteiger partial charge is 0.459 e. The van der Waals surface area contributed by atoms with E-state index in [-0.39, 0.29) is 57.1 Å². The van der Waals surface area contributed by atoms with Crippen LogP contribution in [0.3, 0.4) is 0 Å². The van der Waals surface area contributed by atoms with Gasteiger partial charge in [-0.05, 0) is 145 Å². The molecule has 0 saturated carbocycles. The van der Waals surface area contributed by atoms with Crippen molar-refractivity contribution < 1.29 is 35.9 Å². The summed E-state index contributed by atoms with van der Waals surface area (Å²) >= 11 is 35.1. The van der Waals surface area contributed by atoms with Crippen molar-refractivity contribution in [3.05, 3.63) is 43.4 Å². The zero-order valence-corrected chi connectivity index (χ0v) is 58.1. The second-order valence-electron chi connectivity index (χ2n) is 15.2. The molecule has 5 N–H and O–H groups in total. The van der Waals surface area contributed by atoms with Crippen LogP contribution in [0, 0.1) is 22.4 Å². The Kier molecular flexibility index (Phi) is 37.7. The van der Waals surface area contributed by atoms with Crippen molar-refractivity contribution in [3.63, 3.8) is 0 Å². The summed E-state index contributed by atoms with van der Waals surface area (Å²) in [4.78, 5) is 83.2. The standard InChI is InChI=1S/C11H15BrN4O3S.C5H5Br2NS.C5H3BrN4S.C5H5BrN2S.C5H7NS.C4HBr2NOS.C4H4BrNO2.CH3F.2CH4.H2N2.H2/c1-11(2,3)19-5(17)4-16-9-7(14-10(12)20-9)6(15-16)8(13)18;1-2-3-4(6)9-5(7)8-3;6-5-8-3-2(1-7)9-10-4(3)11-5;6-5-8-3-1-7-2-4(3)9-5;1-2-5-3-7-4-6-5;5-3-2(1-8)7-4(6)9-3;5-6-3(7)1-2-4(6)8;1-2;;;1-2;/h7,9H,4H2,1-3H3,(H2,13,18);2H2,1H3;3-4,10H;1,3-4H,2H2;3-4H,2H2,1H3;1H;1-2H2;1H3;2*1H4;1-2H;1H/i;;;;;;;1D;;;;. The van der Waals surface area contributed by atoms with Crippen molar-refractivity contribution in [1.29, 1.82) is 16.3 Å². The van der Waals surface area contributed by atoms with E-state index in [9.17, 15) is 28.4 Å². The van der Waals surface area contributed by atoms with Gasteiger partial charge in [-0.15, -0.1) is 11.3 Å². The maximum atomic E-state index is 11.9. The first-order chi connectivity index (χ1) is 36.9. The molecule has 1 saturated heterocycles. The van der Waals surface area contributed by atoms with Gasteiger partial charge in [0.05, 0.1) is 57.2 Å². The maximum absolute atomic E-state index is 11.9. The van der Waals surface area contributed by atoms with Crippen LogP contribution in [0.4, 0.5) is 4.39 Å². The number of primary amides is 1. The minimum Gasteiger partial charge on any atom is -0.459 e. The van der Waals surface area contributed by atoms with Crippen LogP contribution < -0.4 is 11.2 Å². The van der Waals surface area contributed by atoms with Crippen LogP contribution >= 0.6 is 197 Å². The van der Waals surface area contributed by atoms with Gasteiger partial charge >= 0.3 is 5.97 Å². The molecule has 438 valence electrons. The Balaban J connectivity index is 0. The lowest BCUT2D eigenvalue weighted by Gasteiger charge is -2.24. The second kappa shape index (κ2) is 39.7. The molecule has 0 bridgehead atoms. The first-order valence-corrected chi connectivity index (χ1v) is 32.7. The molecule has 7 aliphatic heterocycles. The third-order valence-corrected chi connectivity index (χ3v) is 20.1. The molecule has 0 aromatic carbocycles. The van der Waals surface area contributed by atoms with Crippen molar-refractivity contribution in [2.75, 3.05) is 20.2 Å². The molecule has 79 heavy (non-hydrogen) atoms. The quantitative estimate of drug-likeness (QED) is 0.0586. The lowest BCUT2D eigenvalue weighted by molar-refractivity contribution is -0.156. The van der Waals surface area contributed by atoms with Gasteiger partial charge in [-0.2, -0.15) is 15.5 Å². The number of fused-ring (bicyclic) bond motifs is 3. The number of nitriles is 1. The number of esters is 1. The molecular formula is C42H55Br8FN16O6S6. The molecule has 0 radical (unpaired) electrons. The number of hydrogen-bond acceptors (Lipinski definition) is 26. The number of aldehydes is 1. The number of imide groups is 1. The summed E-state index contributed by atoms with van der Waals surface area (Å²) in [7, 11) is -1.00. The molecule has 7 aliphatic rings. The van der Waals surface area contributed by atoms with Crippen molar-refractivity contribution in [2.24, 2.45) is 35.9 Å². The Morgan fingerprint density at radius 1 is 0.962 bits per heavy atom. The lowest BCUT2D eigenvalue weighted by Crippen LogP contribution is -2.38. The minimum atomic E-state index is -1.00. The van der Waals surface area contributed by atoms with E-state index in [4.69, 9.17) is 28.2 Å². The summed E-state index contributed by atoms with van der Waals surface area (Å²) < 4.78 is 27.8. The van der Waals surface area contributed by atoms with Crippen LogP contribution in [0.5, 0.6) is 0 Å². The topological polar surface area (TPSA) is 323 Å². The van der Waals surface area contributed by atoms with E-state index < -0.39 is 30.7 Å². The molecule has 6 atom stereocenters. The third kappa shape index (κ3) is 26.3. The number of hydrogen-bond donors (Lipinski definition) is 4. The number of nitrogens with zero attached hydrogens (tertiary/aromatic N) is 12. The number of hydrazone groups is 2. The first-order valence-electron chi connectivity index (χ1n) is 22.0. The number of thiazole rings is 3. The number of ether oxygens (including phenoxy) is 1. The zero-order chi connectivity index (χ0) is 58.9. The third-order valence-electron chi connectivity index (χ3n) is 8.87. The van der Waals surface area contributed by atoms with Crippen molar-refractivity contribution in [2.45, 2.75) is 115 Å². The number of rotatable bonds is 6. The molecule has 3 aromatic heterocycles. The van der Waals surface area contributed by atoms with Crippen molar-refractivity contribution in [3.8, 4) is 6.07 Å². The lowest BCUT2D eigenvalue weighted by atomic mass is 10.2. The van der Waals surface area contributed by atoms with E-state index in [2.05, 4.69) is 197 Å². The number of aryl methyl sites for hydroxylation is 2. The Labute approximate surface area is 552 Å². The van der Waals surface area contributed by atoms with E-state index >= 15 is 0 Å². The fourth-order valence-corrected chi connectivity index (χ4v) is 17.1. The predicted octanol–water partition coefficient (Wildman–Crippen LogP) is 13.2. The highest BCUT2D eigenvalue weighted by Gasteiger charge is 2.45. The number of carbonyl (C=O) groups excluding carboxylic acids is 5. The fraction of sp³-hybridized carbons (Fsp3) is 0.500. The molecule has 22 nitrogen and oxygen atoms in total. The average molecular weight is 1730 g/mol. The molecule has 6 unspecified atom stereocenters. The Morgan fingerprint density at radius 2 is 1.54 bits per heavy atom. The van der Waals surface area contributed by atoms with Gasteiger partial charge in [0.25, 0.3) is 5.91 Å². The second-order valence-corrected chi connectivity index (χ2v) is 31.1. The van der Waals surface area contributed by atoms with Crippen molar-refractivity contribution in [1.82, 2.24) is 29.3 Å². The average Bonchev–Trinajstić information content (AvgIpc) is 4.24. The summed E-state index contributed by atoms with van der Waals surface area (Å²) in [5.41, 5.74) is 22.8. The predicted molar refractivity (Wildman–Crippen MR) is 353 cm³/mol. The number of aromatic nitrogens is 3. The van der Waals surface area contributed by atoms with Gasteiger partial charge in [-0.1, -0.05) is 86.7 Å². The van der Waals surface area contributed by atoms with Crippen LogP contribution in [0.15, 0.2) is 56.5 Å². The monoisotopic (exact) mass is 1720 g/mol. The normalized spacial score (nSPS) is 20.9. The Morgan fingerprint density at radius 3 is 1.96 bits per heavy atom. The highest BCUT2D eigenvalue weighted by Crippen LogP contribution is 2.37. The summed E-state index contributed by atoms with van der Waals surface area (Å²) in [6.45, 7) is 10.5. The summed E-state index contributed by atoms with van der Waals surface area (Å²) in [5, 5.41) is 20.6. The van der Waals surface area contributed by atoms with Crippen LogP contribution in [-0.4, -0.2) is 143 Å². The van der Waals surface area contributed by atoms with Gasteiger partial charge in [-0.3, -0.25) is 58.8 Å². The van der Waals surface area contributed by atoms with Crippen LogP contribution in [0.25, 0.3) is 0 Å².